The van der Waals surface area contributed by atoms with Crippen molar-refractivity contribution in [1.29, 1.82) is 0 Å². The predicted molar refractivity (Wildman–Crippen MR) is 72.0 cm³/mol. The molecule has 0 unspecified atom stereocenters. The topological polar surface area (TPSA) is 47.5 Å². The zero-order chi connectivity index (χ0) is 14.2. The summed E-state index contributed by atoms with van der Waals surface area (Å²) in [4.78, 5) is 9.87. The molecule has 1 aromatic rings. The van der Waals surface area contributed by atoms with E-state index in [1.54, 1.807) is 6.92 Å². The Bertz CT molecular complexity index is 481. The molecule has 0 atom stereocenters. The van der Waals surface area contributed by atoms with E-state index >= 15 is 0 Å². The number of aryl methyl sites for hydroxylation is 1. The second kappa shape index (κ2) is 5.26. The lowest BCUT2D eigenvalue weighted by Crippen LogP contribution is -2.43. The van der Waals surface area contributed by atoms with Crippen LogP contribution in [0.2, 0.25) is 0 Å². The van der Waals surface area contributed by atoms with Gasteiger partial charge in [-0.25, -0.2) is 14.4 Å². The van der Waals surface area contributed by atoms with Crippen LogP contribution in [0.1, 0.15) is 31.4 Å². The van der Waals surface area contributed by atoms with Gasteiger partial charge in [0.2, 0.25) is 0 Å². The second-order valence-corrected chi connectivity index (χ2v) is 5.55. The van der Waals surface area contributed by atoms with Gasteiger partial charge in [0.05, 0.1) is 18.9 Å². The van der Waals surface area contributed by atoms with E-state index < -0.39 is 0 Å². The van der Waals surface area contributed by atoms with Gasteiger partial charge < -0.3 is 14.4 Å². The van der Waals surface area contributed by atoms with Crippen LogP contribution in [0.15, 0.2) is 6.33 Å². The molecule has 2 fully saturated rings. The Morgan fingerprint density at radius 3 is 2.55 bits per heavy atom. The maximum Gasteiger partial charge on any atom is 0.186 e. The Labute approximate surface area is 118 Å². The van der Waals surface area contributed by atoms with Crippen LogP contribution in [0.5, 0.6) is 0 Å². The molecule has 2 aliphatic rings. The molecule has 110 valence electrons. The van der Waals surface area contributed by atoms with E-state index in [0.717, 1.165) is 25.7 Å². The lowest BCUT2D eigenvalue weighted by Gasteiger charge is -2.39. The summed E-state index contributed by atoms with van der Waals surface area (Å²) < 4.78 is 25.5. The highest BCUT2D eigenvalue weighted by atomic mass is 19.1. The summed E-state index contributed by atoms with van der Waals surface area (Å²) in [5.41, 5.74) is 0.386. The molecular weight excluding hydrogens is 261 g/mol. The number of ether oxygens (including phenoxy) is 2. The van der Waals surface area contributed by atoms with Gasteiger partial charge in [-0.2, -0.15) is 0 Å². The predicted octanol–water partition coefficient (Wildman–Crippen LogP) is 2.05. The average molecular weight is 281 g/mol. The van der Waals surface area contributed by atoms with Crippen molar-refractivity contribution in [1.82, 2.24) is 9.97 Å². The standard InChI is InChI=1S/C14H20FN3O2/c1-10-12(15)13(17-9-16-10)18(2)11-3-5-14(6-4-11)19-7-8-20-14/h9,11H,3-8H2,1-2H3. The summed E-state index contributed by atoms with van der Waals surface area (Å²) in [7, 11) is 1.89. The van der Waals surface area contributed by atoms with Crippen molar-refractivity contribution in [3.8, 4) is 0 Å². The van der Waals surface area contributed by atoms with E-state index in [4.69, 9.17) is 9.47 Å². The quantitative estimate of drug-likeness (QED) is 0.830. The lowest BCUT2D eigenvalue weighted by atomic mass is 9.89. The molecule has 0 N–H and O–H groups in total. The normalized spacial score (nSPS) is 22.4. The van der Waals surface area contributed by atoms with E-state index in [1.807, 2.05) is 11.9 Å². The summed E-state index contributed by atoms with van der Waals surface area (Å²) in [6.07, 6.45) is 4.96. The van der Waals surface area contributed by atoms with Crippen molar-refractivity contribution >= 4 is 5.82 Å². The van der Waals surface area contributed by atoms with E-state index in [9.17, 15) is 4.39 Å². The van der Waals surface area contributed by atoms with Gasteiger partial charge in [0.1, 0.15) is 6.33 Å². The first-order chi connectivity index (χ1) is 9.61. The largest absolute Gasteiger partial charge is 0.354 e. The molecule has 20 heavy (non-hydrogen) atoms. The summed E-state index contributed by atoms with van der Waals surface area (Å²) in [5, 5.41) is 0. The van der Waals surface area contributed by atoms with Crippen LogP contribution in [0.25, 0.3) is 0 Å². The van der Waals surface area contributed by atoms with Gasteiger partial charge in [-0.1, -0.05) is 0 Å². The molecule has 1 aliphatic carbocycles. The fourth-order valence-electron chi connectivity index (χ4n) is 3.08. The Morgan fingerprint density at radius 1 is 1.25 bits per heavy atom. The number of halogens is 1. The molecule has 1 aromatic heterocycles. The van der Waals surface area contributed by atoms with E-state index in [2.05, 4.69) is 9.97 Å². The van der Waals surface area contributed by atoms with E-state index in [1.165, 1.54) is 6.33 Å². The molecule has 0 aromatic carbocycles. The Morgan fingerprint density at radius 2 is 1.90 bits per heavy atom. The van der Waals surface area contributed by atoms with Gasteiger partial charge in [-0.05, 0) is 19.8 Å². The molecule has 5 nitrogen and oxygen atoms in total. The van der Waals surface area contributed by atoms with Crippen LogP contribution in [0.3, 0.4) is 0 Å². The maximum absolute atomic E-state index is 14.1. The van der Waals surface area contributed by atoms with Gasteiger partial charge in [0, 0.05) is 25.9 Å². The first-order valence-corrected chi connectivity index (χ1v) is 7.09. The minimum Gasteiger partial charge on any atom is -0.354 e. The van der Waals surface area contributed by atoms with Crippen LogP contribution in [-0.4, -0.2) is 42.1 Å². The molecule has 1 saturated carbocycles. The number of nitrogens with zero attached hydrogens (tertiary/aromatic N) is 3. The van der Waals surface area contributed by atoms with Crippen LogP contribution in [0, 0.1) is 12.7 Å². The Kier molecular flexibility index (Phi) is 3.60. The van der Waals surface area contributed by atoms with Crippen LogP contribution < -0.4 is 4.90 Å². The molecular formula is C14H20FN3O2. The molecule has 0 bridgehead atoms. The number of hydrogen-bond donors (Lipinski definition) is 0. The fraction of sp³-hybridized carbons (Fsp3) is 0.714. The van der Waals surface area contributed by atoms with E-state index in [-0.39, 0.29) is 17.6 Å². The van der Waals surface area contributed by atoms with Crippen molar-refractivity contribution in [2.24, 2.45) is 0 Å². The summed E-state index contributed by atoms with van der Waals surface area (Å²) in [5.74, 6) is -0.326. The van der Waals surface area contributed by atoms with Crippen molar-refractivity contribution in [3.05, 3.63) is 17.8 Å². The van der Waals surface area contributed by atoms with Crippen molar-refractivity contribution < 1.29 is 13.9 Å². The zero-order valence-corrected chi connectivity index (χ0v) is 11.9. The Balaban J connectivity index is 1.69. The Hall–Kier alpha value is -1.27. The first kappa shape index (κ1) is 13.7. The van der Waals surface area contributed by atoms with Gasteiger partial charge in [-0.15, -0.1) is 0 Å². The molecule has 0 amide bonds. The van der Waals surface area contributed by atoms with Crippen molar-refractivity contribution in [3.63, 3.8) is 0 Å². The summed E-state index contributed by atoms with van der Waals surface area (Å²) in [6.45, 7) is 3.02. The third kappa shape index (κ3) is 2.38. The highest BCUT2D eigenvalue weighted by molar-refractivity contribution is 5.41. The second-order valence-electron chi connectivity index (χ2n) is 5.55. The highest BCUT2D eigenvalue weighted by Gasteiger charge is 2.41. The molecule has 6 heteroatoms. The zero-order valence-electron chi connectivity index (χ0n) is 11.9. The lowest BCUT2D eigenvalue weighted by molar-refractivity contribution is -0.178. The SMILES string of the molecule is Cc1ncnc(N(C)C2CCC3(CC2)OCCO3)c1F. The number of anilines is 1. The minimum absolute atomic E-state index is 0.261. The van der Waals surface area contributed by atoms with Gasteiger partial charge in [0.25, 0.3) is 0 Å². The fourth-order valence-corrected chi connectivity index (χ4v) is 3.08. The first-order valence-electron chi connectivity index (χ1n) is 7.09. The monoisotopic (exact) mass is 281 g/mol. The number of hydrogen-bond acceptors (Lipinski definition) is 5. The minimum atomic E-state index is -0.378. The molecule has 1 aliphatic heterocycles. The molecule has 1 spiro atoms. The van der Waals surface area contributed by atoms with Crippen LogP contribution >= 0.6 is 0 Å². The van der Waals surface area contributed by atoms with Crippen molar-refractivity contribution in [2.75, 3.05) is 25.2 Å². The third-order valence-electron chi connectivity index (χ3n) is 4.36. The van der Waals surface area contributed by atoms with Crippen LogP contribution in [-0.2, 0) is 9.47 Å². The third-order valence-corrected chi connectivity index (χ3v) is 4.36. The van der Waals surface area contributed by atoms with Crippen molar-refractivity contribution in [2.45, 2.75) is 44.4 Å². The molecule has 1 saturated heterocycles. The number of aromatic nitrogens is 2. The maximum atomic E-state index is 14.1. The average Bonchev–Trinajstić information content (AvgIpc) is 2.90. The smallest absolute Gasteiger partial charge is 0.186 e. The van der Waals surface area contributed by atoms with Gasteiger partial charge in [-0.3, -0.25) is 0 Å². The summed E-state index contributed by atoms with van der Waals surface area (Å²) in [6, 6.07) is 0.261. The highest BCUT2D eigenvalue weighted by Crippen LogP contribution is 2.38. The van der Waals surface area contributed by atoms with Gasteiger partial charge >= 0.3 is 0 Å². The molecule has 3 rings (SSSR count). The van der Waals surface area contributed by atoms with E-state index in [0.29, 0.717) is 24.7 Å². The number of rotatable bonds is 2. The molecule has 2 heterocycles. The van der Waals surface area contributed by atoms with Gasteiger partial charge in [0.15, 0.2) is 17.4 Å². The molecule has 0 radical (unpaired) electrons. The van der Waals surface area contributed by atoms with Crippen LogP contribution in [0.4, 0.5) is 10.2 Å². The summed E-state index contributed by atoms with van der Waals surface area (Å²) >= 11 is 0.